The van der Waals surface area contributed by atoms with Gasteiger partial charge in [0, 0.05) is 12.5 Å². The van der Waals surface area contributed by atoms with E-state index in [0.717, 1.165) is 18.4 Å². The third kappa shape index (κ3) is 2.55. The highest BCUT2D eigenvalue weighted by Gasteiger charge is 2.53. The number of cyclic esters (lactones) is 1. The smallest absolute Gasteiger partial charge is 0.336 e. The minimum Gasteiger partial charge on any atom is -0.456 e. The van der Waals surface area contributed by atoms with E-state index in [9.17, 15) is 14.4 Å². The van der Waals surface area contributed by atoms with Crippen molar-refractivity contribution >= 4 is 17.9 Å². The number of hydrogen-bond donors (Lipinski definition) is 2. The number of urea groups is 1. The topological polar surface area (TPSA) is 87.7 Å². The Labute approximate surface area is 151 Å². The van der Waals surface area contributed by atoms with Gasteiger partial charge in [-0.3, -0.25) is 10.1 Å². The normalized spacial score (nSPS) is 27.5. The lowest BCUT2D eigenvalue weighted by atomic mass is 9.74. The summed E-state index contributed by atoms with van der Waals surface area (Å²) in [6.45, 7) is 2.75. The van der Waals surface area contributed by atoms with E-state index in [4.69, 9.17) is 4.74 Å². The lowest BCUT2D eigenvalue weighted by Crippen LogP contribution is -2.67. The first kappa shape index (κ1) is 16.6. The van der Waals surface area contributed by atoms with Crippen LogP contribution in [0.25, 0.3) is 0 Å². The van der Waals surface area contributed by atoms with Gasteiger partial charge in [-0.2, -0.15) is 0 Å². The molecule has 0 aliphatic carbocycles. The first-order chi connectivity index (χ1) is 12.6. The number of carbonyl (C=O) groups excluding carboxylic acids is 3. The molecule has 136 valence electrons. The van der Waals surface area contributed by atoms with E-state index in [2.05, 4.69) is 17.6 Å². The van der Waals surface area contributed by atoms with Crippen LogP contribution in [0.2, 0.25) is 0 Å². The Morgan fingerprint density at radius 2 is 1.96 bits per heavy atom. The number of nitrogens with one attached hydrogen (secondary N) is 2. The number of hydrogen-bond acceptors (Lipinski definition) is 5. The molecule has 0 saturated carbocycles. The number of unbranched alkanes of at least 4 members (excludes halogenated alkanes) is 1. The Hall–Kier alpha value is -2.83. The molecule has 1 aromatic rings. The summed E-state index contributed by atoms with van der Waals surface area (Å²) in [7, 11) is 0. The van der Waals surface area contributed by atoms with Crippen molar-refractivity contribution in [3.8, 4) is 0 Å². The Kier molecular flexibility index (Phi) is 4.14. The van der Waals surface area contributed by atoms with E-state index in [-0.39, 0.29) is 12.5 Å². The predicted octanol–water partition coefficient (Wildman–Crippen LogP) is 1.48. The van der Waals surface area contributed by atoms with Gasteiger partial charge in [0.05, 0.1) is 17.2 Å². The Bertz CT molecular complexity index is 789. The lowest BCUT2D eigenvalue weighted by molar-refractivity contribution is -0.136. The predicted molar refractivity (Wildman–Crippen MR) is 92.7 cm³/mol. The molecule has 0 bridgehead atoms. The van der Waals surface area contributed by atoms with Crippen molar-refractivity contribution in [2.24, 2.45) is 5.92 Å². The summed E-state index contributed by atoms with van der Waals surface area (Å²) < 4.78 is 5.23. The van der Waals surface area contributed by atoms with Gasteiger partial charge >= 0.3 is 12.0 Å². The van der Waals surface area contributed by atoms with Gasteiger partial charge in [-0.05, 0) is 12.0 Å². The molecule has 3 amide bonds. The van der Waals surface area contributed by atoms with Crippen LogP contribution in [-0.2, 0) is 14.3 Å². The highest BCUT2D eigenvalue weighted by molar-refractivity contribution is 6.02. The molecule has 3 unspecified atom stereocenters. The Morgan fingerprint density at radius 3 is 2.69 bits per heavy atom. The standard InChI is InChI=1S/C19H21N3O4/c1-2-3-9-22-16-15(17(23)21-19(22)25)13(11-7-5-4-6-8-11)14-12(20-16)10-26-18(14)24/h4-8,13,15-16,20H,2-3,9-10H2,1H3,(H,21,23,25). The first-order valence-electron chi connectivity index (χ1n) is 8.95. The van der Waals surface area contributed by atoms with Gasteiger partial charge in [0.1, 0.15) is 12.8 Å². The highest BCUT2D eigenvalue weighted by atomic mass is 16.5. The summed E-state index contributed by atoms with van der Waals surface area (Å²) in [6.07, 6.45) is 1.29. The zero-order chi connectivity index (χ0) is 18.3. The fraction of sp³-hybridized carbons (Fsp3) is 0.421. The van der Waals surface area contributed by atoms with Gasteiger partial charge in [-0.15, -0.1) is 0 Å². The number of imide groups is 1. The lowest BCUT2D eigenvalue weighted by Gasteiger charge is -2.46. The molecule has 3 aliphatic heterocycles. The number of nitrogens with zero attached hydrogens (tertiary/aromatic N) is 1. The molecule has 4 rings (SSSR count). The third-order valence-electron chi connectivity index (χ3n) is 5.27. The van der Waals surface area contributed by atoms with Crippen LogP contribution in [0.4, 0.5) is 4.79 Å². The number of fused-ring (bicyclic) bond motifs is 1. The van der Waals surface area contributed by atoms with Crippen molar-refractivity contribution in [1.29, 1.82) is 0 Å². The molecular formula is C19H21N3O4. The van der Waals surface area contributed by atoms with Gasteiger partial charge in [0.15, 0.2) is 0 Å². The van der Waals surface area contributed by atoms with Crippen LogP contribution < -0.4 is 10.6 Å². The molecule has 0 radical (unpaired) electrons. The molecule has 2 N–H and O–H groups in total. The van der Waals surface area contributed by atoms with Crippen LogP contribution >= 0.6 is 0 Å². The third-order valence-corrected chi connectivity index (χ3v) is 5.27. The average molecular weight is 355 g/mol. The van der Waals surface area contributed by atoms with Crippen LogP contribution in [0.1, 0.15) is 31.2 Å². The second-order valence-corrected chi connectivity index (χ2v) is 6.81. The van der Waals surface area contributed by atoms with Gasteiger partial charge in [-0.1, -0.05) is 43.7 Å². The Morgan fingerprint density at radius 1 is 1.19 bits per heavy atom. The number of rotatable bonds is 4. The molecule has 26 heavy (non-hydrogen) atoms. The van der Waals surface area contributed by atoms with Crippen molar-refractivity contribution in [2.45, 2.75) is 31.8 Å². The van der Waals surface area contributed by atoms with Crippen molar-refractivity contribution < 1.29 is 19.1 Å². The minimum absolute atomic E-state index is 0.151. The fourth-order valence-electron chi connectivity index (χ4n) is 4.04. The van der Waals surface area contributed by atoms with E-state index in [1.807, 2.05) is 30.3 Å². The Balaban J connectivity index is 1.80. The number of esters is 1. The molecule has 1 saturated heterocycles. The minimum atomic E-state index is -0.587. The maximum atomic E-state index is 12.8. The molecule has 1 fully saturated rings. The summed E-state index contributed by atoms with van der Waals surface area (Å²) >= 11 is 0. The van der Waals surface area contributed by atoms with E-state index in [0.29, 0.717) is 17.8 Å². The van der Waals surface area contributed by atoms with Gasteiger partial charge in [0.2, 0.25) is 5.91 Å². The van der Waals surface area contributed by atoms with Gasteiger partial charge < -0.3 is 15.0 Å². The monoisotopic (exact) mass is 355 g/mol. The van der Waals surface area contributed by atoms with Gasteiger partial charge in [-0.25, -0.2) is 9.59 Å². The second-order valence-electron chi connectivity index (χ2n) is 6.81. The summed E-state index contributed by atoms with van der Waals surface area (Å²) in [5.74, 6) is -1.79. The molecule has 0 aromatic heterocycles. The summed E-state index contributed by atoms with van der Waals surface area (Å²) in [6, 6.07) is 9.08. The second kappa shape index (κ2) is 6.48. The van der Waals surface area contributed by atoms with Crippen LogP contribution in [-0.4, -0.2) is 42.1 Å². The summed E-state index contributed by atoms with van der Waals surface area (Å²) in [5.41, 5.74) is 2.04. The maximum absolute atomic E-state index is 12.8. The van der Waals surface area contributed by atoms with Crippen LogP contribution in [0, 0.1) is 5.92 Å². The summed E-state index contributed by atoms with van der Waals surface area (Å²) in [4.78, 5) is 39.2. The van der Waals surface area contributed by atoms with Crippen molar-refractivity contribution in [2.75, 3.05) is 13.2 Å². The molecule has 7 heteroatoms. The van der Waals surface area contributed by atoms with Crippen LogP contribution in [0.5, 0.6) is 0 Å². The molecular weight excluding hydrogens is 334 g/mol. The van der Waals surface area contributed by atoms with Crippen molar-refractivity contribution in [1.82, 2.24) is 15.5 Å². The van der Waals surface area contributed by atoms with E-state index in [1.54, 1.807) is 4.90 Å². The van der Waals surface area contributed by atoms with E-state index < -0.39 is 30.0 Å². The van der Waals surface area contributed by atoms with Gasteiger partial charge in [0.25, 0.3) is 0 Å². The molecule has 3 atom stereocenters. The van der Waals surface area contributed by atoms with E-state index in [1.165, 1.54) is 0 Å². The first-order valence-corrected chi connectivity index (χ1v) is 8.95. The number of amides is 3. The molecule has 0 spiro atoms. The number of ether oxygens (including phenoxy) is 1. The van der Waals surface area contributed by atoms with Crippen molar-refractivity contribution in [3.63, 3.8) is 0 Å². The zero-order valence-corrected chi connectivity index (χ0v) is 14.5. The number of benzene rings is 1. The fourth-order valence-corrected chi connectivity index (χ4v) is 4.04. The SMILES string of the molecule is CCCCN1C(=O)NC(=O)C2C(c3ccccc3)C3=C(COC3=O)NC21. The zero-order valence-electron chi connectivity index (χ0n) is 14.5. The molecule has 1 aromatic carbocycles. The van der Waals surface area contributed by atoms with Crippen LogP contribution in [0.3, 0.4) is 0 Å². The van der Waals surface area contributed by atoms with Crippen molar-refractivity contribution in [3.05, 3.63) is 47.2 Å². The molecule has 3 aliphatic rings. The largest absolute Gasteiger partial charge is 0.456 e. The summed E-state index contributed by atoms with van der Waals surface area (Å²) in [5, 5.41) is 5.71. The maximum Gasteiger partial charge on any atom is 0.336 e. The molecule has 7 nitrogen and oxygen atoms in total. The average Bonchev–Trinajstić information content (AvgIpc) is 3.01. The highest BCUT2D eigenvalue weighted by Crippen LogP contribution is 2.43. The number of carbonyl (C=O) groups is 3. The van der Waals surface area contributed by atoms with E-state index >= 15 is 0 Å². The molecule has 3 heterocycles. The quantitative estimate of drug-likeness (QED) is 0.799. The van der Waals surface area contributed by atoms with Crippen LogP contribution in [0.15, 0.2) is 41.6 Å².